The van der Waals surface area contributed by atoms with Crippen molar-refractivity contribution in [3.8, 4) is 0 Å². The van der Waals surface area contributed by atoms with E-state index in [4.69, 9.17) is 0 Å². The fraction of sp³-hybridized carbons (Fsp3) is 0.364. The SMILES string of the molecule is Cc1cc(C(F)(C(F)(F)F)C(F)(F)F)ccc1NC(=O)c1cccc(CNC(=O)NC(C)C)c1. The Balaban J connectivity index is 2.21. The van der Waals surface area contributed by atoms with E-state index in [2.05, 4.69) is 16.0 Å². The summed E-state index contributed by atoms with van der Waals surface area (Å²) in [7, 11) is 0. The Labute approximate surface area is 190 Å². The lowest BCUT2D eigenvalue weighted by Crippen LogP contribution is -2.50. The van der Waals surface area contributed by atoms with Crippen LogP contribution in [-0.4, -0.2) is 30.3 Å². The molecule has 0 radical (unpaired) electrons. The fourth-order valence-electron chi connectivity index (χ4n) is 3.02. The van der Waals surface area contributed by atoms with Crippen LogP contribution in [0.3, 0.4) is 0 Å². The first-order valence-corrected chi connectivity index (χ1v) is 9.94. The highest BCUT2D eigenvalue weighted by atomic mass is 19.4. The van der Waals surface area contributed by atoms with Crippen LogP contribution in [0.2, 0.25) is 0 Å². The summed E-state index contributed by atoms with van der Waals surface area (Å²) in [6.07, 6.45) is -12.5. The Morgan fingerprint density at radius 2 is 1.53 bits per heavy atom. The van der Waals surface area contributed by atoms with E-state index >= 15 is 0 Å². The van der Waals surface area contributed by atoms with Crippen LogP contribution in [0.5, 0.6) is 0 Å². The Bertz CT molecular complexity index is 1040. The molecule has 34 heavy (non-hydrogen) atoms. The van der Waals surface area contributed by atoms with Crippen LogP contribution in [0, 0.1) is 6.92 Å². The highest BCUT2D eigenvalue weighted by Crippen LogP contribution is 2.53. The summed E-state index contributed by atoms with van der Waals surface area (Å²) in [5.74, 6) is -0.706. The molecule has 186 valence electrons. The van der Waals surface area contributed by atoms with Crippen molar-refractivity contribution in [2.24, 2.45) is 0 Å². The highest BCUT2D eigenvalue weighted by molar-refractivity contribution is 6.04. The first-order valence-electron chi connectivity index (χ1n) is 9.94. The molecule has 3 N–H and O–H groups in total. The molecule has 0 bridgehead atoms. The number of amides is 3. The van der Waals surface area contributed by atoms with Crippen molar-refractivity contribution in [1.82, 2.24) is 10.6 Å². The molecule has 0 atom stereocenters. The number of hydrogen-bond donors (Lipinski definition) is 3. The number of rotatable bonds is 6. The van der Waals surface area contributed by atoms with Crippen LogP contribution < -0.4 is 16.0 Å². The maximum absolute atomic E-state index is 14.2. The van der Waals surface area contributed by atoms with E-state index in [9.17, 15) is 40.3 Å². The third kappa shape index (κ3) is 5.97. The van der Waals surface area contributed by atoms with E-state index in [0.29, 0.717) is 17.7 Å². The summed E-state index contributed by atoms with van der Waals surface area (Å²) in [6.45, 7) is 4.79. The largest absolute Gasteiger partial charge is 0.435 e. The van der Waals surface area contributed by atoms with Crippen LogP contribution in [-0.2, 0) is 12.2 Å². The van der Waals surface area contributed by atoms with Gasteiger partial charge in [-0.15, -0.1) is 0 Å². The summed E-state index contributed by atoms with van der Waals surface area (Å²) < 4.78 is 92.1. The van der Waals surface area contributed by atoms with Crippen LogP contribution in [0.25, 0.3) is 0 Å². The molecule has 0 saturated heterocycles. The lowest BCUT2D eigenvalue weighted by molar-refractivity contribution is -0.348. The third-order valence-corrected chi connectivity index (χ3v) is 4.72. The molecule has 0 heterocycles. The van der Waals surface area contributed by atoms with E-state index in [-0.39, 0.29) is 29.4 Å². The molecular weight excluding hydrogens is 471 g/mol. The van der Waals surface area contributed by atoms with Gasteiger partial charge in [0.15, 0.2) is 0 Å². The Morgan fingerprint density at radius 3 is 2.06 bits per heavy atom. The summed E-state index contributed by atoms with van der Waals surface area (Å²) >= 11 is 0. The molecule has 0 spiro atoms. The zero-order chi connectivity index (χ0) is 25.9. The summed E-state index contributed by atoms with van der Waals surface area (Å²) in [5.41, 5.74) is -6.81. The number of alkyl halides is 7. The topological polar surface area (TPSA) is 70.2 Å². The minimum Gasteiger partial charge on any atom is -0.336 e. The summed E-state index contributed by atoms with van der Waals surface area (Å²) in [5, 5.41) is 7.60. The van der Waals surface area contributed by atoms with Gasteiger partial charge < -0.3 is 16.0 Å². The predicted molar refractivity (Wildman–Crippen MR) is 111 cm³/mol. The predicted octanol–water partition coefficient (Wildman–Crippen LogP) is 5.74. The summed E-state index contributed by atoms with van der Waals surface area (Å²) in [4.78, 5) is 24.2. The van der Waals surface area contributed by atoms with Gasteiger partial charge in [0, 0.05) is 29.4 Å². The van der Waals surface area contributed by atoms with Crippen molar-refractivity contribution < 1.29 is 40.3 Å². The molecule has 0 aromatic heterocycles. The van der Waals surface area contributed by atoms with Gasteiger partial charge in [-0.3, -0.25) is 4.79 Å². The molecule has 2 aromatic carbocycles. The fourth-order valence-corrected chi connectivity index (χ4v) is 3.02. The number of halogens is 7. The molecule has 0 unspecified atom stereocenters. The van der Waals surface area contributed by atoms with Gasteiger partial charge in [-0.1, -0.05) is 24.3 Å². The normalized spacial score (nSPS) is 12.4. The average molecular weight is 493 g/mol. The van der Waals surface area contributed by atoms with Crippen molar-refractivity contribution in [2.45, 2.75) is 51.4 Å². The van der Waals surface area contributed by atoms with Gasteiger partial charge in [-0.25, -0.2) is 9.18 Å². The van der Waals surface area contributed by atoms with Gasteiger partial charge in [-0.05, 0) is 50.1 Å². The number of aryl methyl sites for hydroxylation is 1. The maximum Gasteiger partial charge on any atom is 0.435 e. The van der Waals surface area contributed by atoms with Crippen LogP contribution in [0.15, 0.2) is 42.5 Å². The average Bonchev–Trinajstić information content (AvgIpc) is 2.71. The number of benzene rings is 2. The zero-order valence-electron chi connectivity index (χ0n) is 18.3. The van der Waals surface area contributed by atoms with Gasteiger partial charge in [0.05, 0.1) is 0 Å². The van der Waals surface area contributed by atoms with Crippen molar-refractivity contribution in [1.29, 1.82) is 0 Å². The van der Waals surface area contributed by atoms with Crippen molar-refractivity contribution >= 4 is 17.6 Å². The highest BCUT2D eigenvalue weighted by Gasteiger charge is 2.73. The van der Waals surface area contributed by atoms with Gasteiger partial charge >= 0.3 is 24.1 Å². The van der Waals surface area contributed by atoms with Crippen LogP contribution >= 0.6 is 0 Å². The van der Waals surface area contributed by atoms with Crippen molar-refractivity contribution in [3.63, 3.8) is 0 Å². The number of nitrogens with one attached hydrogen (secondary N) is 3. The molecule has 0 aliphatic rings. The molecule has 2 rings (SSSR count). The van der Waals surface area contributed by atoms with E-state index in [1.165, 1.54) is 18.2 Å². The monoisotopic (exact) mass is 493 g/mol. The lowest BCUT2D eigenvalue weighted by atomic mass is 9.92. The third-order valence-electron chi connectivity index (χ3n) is 4.72. The molecule has 0 saturated carbocycles. The second-order valence-electron chi connectivity index (χ2n) is 7.82. The standard InChI is InChI=1S/C22H22F7N3O2/c1-12(2)31-19(34)30-11-14-5-4-6-15(10-14)18(33)32-17-8-7-16(9-13(17)3)20(23,21(24,25)26)22(27,28)29/h4-10,12H,11H2,1-3H3,(H,32,33)(H2,30,31,34). The van der Waals surface area contributed by atoms with Gasteiger partial charge in [0.2, 0.25) is 0 Å². The number of carbonyl (C=O) groups excluding carboxylic acids is 2. The van der Waals surface area contributed by atoms with Gasteiger partial charge in [-0.2, -0.15) is 26.3 Å². The van der Waals surface area contributed by atoms with Crippen molar-refractivity contribution in [3.05, 3.63) is 64.7 Å². The van der Waals surface area contributed by atoms with Crippen LogP contribution in [0.4, 0.5) is 41.2 Å². The van der Waals surface area contributed by atoms with Crippen molar-refractivity contribution in [2.75, 3.05) is 5.32 Å². The summed E-state index contributed by atoms with van der Waals surface area (Å²) in [6, 6.07) is 7.06. The van der Waals surface area contributed by atoms with E-state index in [1.54, 1.807) is 19.9 Å². The lowest BCUT2D eigenvalue weighted by Gasteiger charge is -2.30. The molecule has 2 aromatic rings. The zero-order valence-corrected chi connectivity index (χ0v) is 18.3. The second kappa shape index (κ2) is 9.90. The molecule has 0 aliphatic carbocycles. The maximum atomic E-state index is 14.2. The second-order valence-corrected chi connectivity index (χ2v) is 7.82. The van der Waals surface area contributed by atoms with E-state index in [1.807, 2.05) is 0 Å². The number of hydrogen-bond acceptors (Lipinski definition) is 2. The minimum absolute atomic E-state index is 0.0819. The minimum atomic E-state index is -6.23. The Hall–Kier alpha value is -3.31. The molecule has 0 aliphatic heterocycles. The molecule has 5 nitrogen and oxygen atoms in total. The van der Waals surface area contributed by atoms with Crippen LogP contribution in [0.1, 0.15) is 40.9 Å². The molecular formula is C22H22F7N3O2. The van der Waals surface area contributed by atoms with Gasteiger partial charge in [0.1, 0.15) is 0 Å². The Kier molecular flexibility index (Phi) is 7.84. The van der Waals surface area contributed by atoms with E-state index < -0.39 is 35.5 Å². The Morgan fingerprint density at radius 1 is 0.912 bits per heavy atom. The first kappa shape index (κ1) is 26.9. The number of urea groups is 1. The molecule has 3 amide bonds. The quantitative estimate of drug-likeness (QED) is 0.449. The molecule has 12 heteroatoms. The number of anilines is 1. The van der Waals surface area contributed by atoms with E-state index in [0.717, 1.165) is 13.0 Å². The van der Waals surface area contributed by atoms with Gasteiger partial charge in [0.25, 0.3) is 5.91 Å². The molecule has 0 fully saturated rings. The smallest absolute Gasteiger partial charge is 0.336 e. The number of carbonyl (C=O) groups is 2. The first-order chi connectivity index (χ1) is 15.6.